The Morgan fingerprint density at radius 1 is 1.64 bits per heavy atom. The minimum atomic E-state index is -0.500. The highest BCUT2D eigenvalue weighted by Crippen LogP contribution is 2.24. The van der Waals surface area contributed by atoms with Crippen molar-refractivity contribution in [2.24, 2.45) is 0 Å². The highest BCUT2D eigenvalue weighted by molar-refractivity contribution is 9.10. The number of hydrogen-bond donors (Lipinski definition) is 1. The zero-order valence-corrected chi connectivity index (χ0v) is 8.98. The number of hydrogen-bond acceptors (Lipinski definition) is 3. The second-order valence-corrected chi connectivity index (χ2v) is 3.66. The summed E-state index contributed by atoms with van der Waals surface area (Å²) in [6.07, 6.45) is 1.32. The number of aromatic hydroxyl groups is 1. The second kappa shape index (κ2) is 4.23. The minimum absolute atomic E-state index is 0.0154. The first-order valence-electron chi connectivity index (χ1n) is 3.82. The summed E-state index contributed by atoms with van der Waals surface area (Å²) in [7, 11) is 0. The first kappa shape index (κ1) is 10.7. The van der Waals surface area contributed by atoms with E-state index in [9.17, 15) is 15.2 Å². The predicted molar refractivity (Wildman–Crippen MR) is 56.5 cm³/mol. The molecule has 74 valence electrons. The molecule has 1 aromatic carbocycles. The summed E-state index contributed by atoms with van der Waals surface area (Å²) in [5, 5.41) is 19.7. The van der Waals surface area contributed by atoms with E-state index in [2.05, 4.69) is 15.9 Å². The first-order valence-corrected chi connectivity index (χ1v) is 4.61. The van der Waals surface area contributed by atoms with Crippen molar-refractivity contribution in [1.29, 1.82) is 0 Å². The Balaban J connectivity index is 3.13. The Morgan fingerprint density at radius 2 is 2.29 bits per heavy atom. The lowest BCUT2D eigenvalue weighted by Crippen LogP contribution is -1.93. The Kier molecular flexibility index (Phi) is 3.24. The molecule has 0 aliphatic rings. The monoisotopic (exact) mass is 257 g/mol. The van der Waals surface area contributed by atoms with Crippen LogP contribution in [0.4, 0.5) is 0 Å². The lowest BCUT2D eigenvalue weighted by atomic mass is 10.2. The zero-order chi connectivity index (χ0) is 10.7. The summed E-state index contributed by atoms with van der Waals surface area (Å²) in [4.78, 5) is 9.84. The van der Waals surface area contributed by atoms with Gasteiger partial charge in [-0.15, -0.1) is 0 Å². The van der Waals surface area contributed by atoms with Crippen molar-refractivity contribution in [2.75, 3.05) is 0 Å². The Bertz CT molecular complexity index is 401. The van der Waals surface area contributed by atoms with E-state index in [1.807, 2.05) is 0 Å². The maximum atomic E-state index is 10.3. The van der Waals surface area contributed by atoms with Crippen LogP contribution in [0.5, 0.6) is 5.75 Å². The summed E-state index contributed by atoms with van der Waals surface area (Å²) in [5.41, 5.74) is 0.409. The third kappa shape index (κ3) is 2.56. The van der Waals surface area contributed by atoms with Gasteiger partial charge in [0.05, 0.1) is 4.92 Å². The Hall–Kier alpha value is -1.36. The van der Waals surface area contributed by atoms with Gasteiger partial charge in [-0.25, -0.2) is 0 Å². The van der Waals surface area contributed by atoms with Gasteiger partial charge in [0.25, 0.3) is 0 Å². The number of rotatable bonds is 2. The van der Waals surface area contributed by atoms with E-state index in [1.165, 1.54) is 19.1 Å². The number of halogens is 1. The smallest absolute Gasteiger partial charge is 0.243 e. The number of nitrogens with zero attached hydrogens (tertiary/aromatic N) is 1. The lowest BCUT2D eigenvalue weighted by molar-refractivity contribution is -0.422. The van der Waals surface area contributed by atoms with Crippen LogP contribution in [-0.2, 0) is 0 Å². The number of nitro groups is 1. The van der Waals surface area contributed by atoms with Crippen molar-refractivity contribution < 1.29 is 10.0 Å². The average Bonchev–Trinajstić information content (AvgIpc) is 2.11. The molecule has 1 aromatic rings. The third-order valence-electron chi connectivity index (χ3n) is 1.64. The van der Waals surface area contributed by atoms with Crippen molar-refractivity contribution in [3.05, 3.63) is 44.0 Å². The molecule has 4 nitrogen and oxygen atoms in total. The topological polar surface area (TPSA) is 63.4 Å². The minimum Gasteiger partial charge on any atom is -0.507 e. The van der Waals surface area contributed by atoms with Gasteiger partial charge < -0.3 is 5.11 Å². The summed E-state index contributed by atoms with van der Waals surface area (Å²) in [5.74, 6) is 0.0226. The van der Waals surface area contributed by atoms with E-state index in [0.29, 0.717) is 5.56 Å². The molecule has 0 heterocycles. The van der Waals surface area contributed by atoms with Gasteiger partial charge in [-0.3, -0.25) is 10.1 Å². The fraction of sp³-hybridized carbons (Fsp3) is 0.111. The van der Waals surface area contributed by atoms with Crippen molar-refractivity contribution in [1.82, 2.24) is 0 Å². The molecule has 0 aromatic heterocycles. The highest BCUT2D eigenvalue weighted by Gasteiger charge is 2.05. The Labute approximate surface area is 89.2 Å². The van der Waals surface area contributed by atoms with Crippen molar-refractivity contribution in [3.63, 3.8) is 0 Å². The molecule has 14 heavy (non-hydrogen) atoms. The van der Waals surface area contributed by atoms with Crippen LogP contribution in [0.15, 0.2) is 28.4 Å². The van der Waals surface area contributed by atoms with Crippen LogP contribution >= 0.6 is 15.9 Å². The molecular weight excluding hydrogens is 250 g/mol. The van der Waals surface area contributed by atoms with E-state index in [4.69, 9.17) is 0 Å². The summed E-state index contributed by atoms with van der Waals surface area (Å²) in [6.45, 7) is 1.38. The van der Waals surface area contributed by atoms with E-state index < -0.39 is 4.92 Å². The molecule has 0 bridgehead atoms. The van der Waals surface area contributed by atoms with Gasteiger partial charge in [0, 0.05) is 23.0 Å². The second-order valence-electron chi connectivity index (χ2n) is 2.75. The van der Waals surface area contributed by atoms with Gasteiger partial charge in [-0.1, -0.05) is 15.9 Å². The van der Waals surface area contributed by atoms with E-state index >= 15 is 0 Å². The van der Waals surface area contributed by atoms with E-state index in [0.717, 1.165) is 4.47 Å². The molecule has 1 rings (SSSR count). The largest absolute Gasteiger partial charge is 0.507 e. The molecule has 0 saturated heterocycles. The standard InChI is InChI=1S/C9H8BrNO3/c1-6(11(13)14)4-7-5-8(10)2-3-9(7)12/h2-5,12H,1H3/b6-4+. The number of phenolic OH excluding ortho intramolecular Hbond substituents is 1. The van der Waals surface area contributed by atoms with E-state index in [1.54, 1.807) is 12.1 Å². The predicted octanol–water partition coefficient (Wildman–Crippen LogP) is 2.79. The fourth-order valence-electron chi connectivity index (χ4n) is 0.919. The average molecular weight is 258 g/mol. The maximum Gasteiger partial charge on any atom is 0.243 e. The molecule has 0 saturated carbocycles. The van der Waals surface area contributed by atoms with Gasteiger partial charge in [-0.2, -0.15) is 0 Å². The van der Waals surface area contributed by atoms with Crippen LogP contribution in [0.1, 0.15) is 12.5 Å². The molecule has 0 radical (unpaired) electrons. The van der Waals surface area contributed by atoms with E-state index in [-0.39, 0.29) is 11.4 Å². The summed E-state index contributed by atoms with van der Waals surface area (Å²) < 4.78 is 0.762. The Morgan fingerprint density at radius 3 is 2.86 bits per heavy atom. The van der Waals surface area contributed by atoms with Gasteiger partial charge >= 0.3 is 0 Å². The van der Waals surface area contributed by atoms with Gasteiger partial charge in [0.1, 0.15) is 5.75 Å². The van der Waals surface area contributed by atoms with Gasteiger partial charge in [0.15, 0.2) is 0 Å². The van der Waals surface area contributed by atoms with Crippen molar-refractivity contribution in [2.45, 2.75) is 6.92 Å². The van der Waals surface area contributed by atoms with Crippen LogP contribution in [0.25, 0.3) is 6.08 Å². The molecule has 0 fully saturated rings. The zero-order valence-electron chi connectivity index (χ0n) is 7.40. The van der Waals surface area contributed by atoms with Crippen molar-refractivity contribution >= 4 is 22.0 Å². The molecule has 0 unspecified atom stereocenters. The molecule has 5 heteroatoms. The van der Waals surface area contributed by atoms with Crippen LogP contribution in [0, 0.1) is 10.1 Å². The van der Waals surface area contributed by atoms with Gasteiger partial charge in [0.2, 0.25) is 5.70 Å². The molecule has 0 amide bonds. The molecule has 0 spiro atoms. The third-order valence-corrected chi connectivity index (χ3v) is 2.14. The lowest BCUT2D eigenvalue weighted by Gasteiger charge is -1.99. The molecule has 1 N–H and O–H groups in total. The molecular formula is C9H8BrNO3. The molecule has 0 aliphatic carbocycles. The van der Waals surface area contributed by atoms with Crippen LogP contribution in [-0.4, -0.2) is 10.0 Å². The number of allylic oxidation sites excluding steroid dienone is 1. The molecule has 0 aliphatic heterocycles. The van der Waals surface area contributed by atoms with Crippen LogP contribution in [0.3, 0.4) is 0 Å². The summed E-state index contributed by atoms with van der Waals surface area (Å²) in [6, 6.07) is 4.75. The molecule has 0 atom stereocenters. The van der Waals surface area contributed by atoms with Crippen LogP contribution in [0.2, 0.25) is 0 Å². The quantitative estimate of drug-likeness (QED) is 0.655. The number of benzene rings is 1. The van der Waals surface area contributed by atoms with Gasteiger partial charge in [-0.05, 0) is 18.2 Å². The van der Waals surface area contributed by atoms with Crippen molar-refractivity contribution in [3.8, 4) is 5.75 Å². The normalized spacial score (nSPS) is 11.4. The fourth-order valence-corrected chi connectivity index (χ4v) is 1.30. The first-order chi connectivity index (χ1) is 6.50. The highest BCUT2D eigenvalue weighted by atomic mass is 79.9. The number of phenols is 1. The van der Waals surface area contributed by atoms with Crippen LogP contribution < -0.4 is 0 Å². The summed E-state index contributed by atoms with van der Waals surface area (Å²) >= 11 is 3.21. The maximum absolute atomic E-state index is 10.3. The SMILES string of the molecule is C/C(=C\c1cc(Br)ccc1O)[N+](=O)[O-].